The van der Waals surface area contributed by atoms with Crippen LogP contribution in [0.5, 0.6) is 0 Å². The Morgan fingerprint density at radius 3 is 1.71 bits per heavy atom. The molecule has 0 fully saturated rings. The molecule has 0 radical (unpaired) electrons. The fourth-order valence-electron chi connectivity index (χ4n) is 2.69. The summed E-state index contributed by atoms with van der Waals surface area (Å²) in [6.07, 6.45) is 5.08. The first-order valence-electron chi connectivity index (χ1n) is 13.4. The smallest absolute Gasteiger partial charge is 0.254 e. The van der Waals surface area contributed by atoms with Crippen molar-refractivity contribution in [2.75, 3.05) is 6.61 Å². The van der Waals surface area contributed by atoms with Crippen LogP contribution in [0, 0.1) is 5.41 Å². The molecule has 1 aliphatic rings. The quantitative estimate of drug-likeness (QED) is 0.229. The molecule has 2 heterocycles. The van der Waals surface area contributed by atoms with Crippen molar-refractivity contribution < 1.29 is 24.0 Å². The predicted molar refractivity (Wildman–Crippen MR) is 171 cm³/mol. The van der Waals surface area contributed by atoms with Crippen molar-refractivity contribution in [3.63, 3.8) is 0 Å². The summed E-state index contributed by atoms with van der Waals surface area (Å²) < 4.78 is 0.294. The summed E-state index contributed by atoms with van der Waals surface area (Å²) in [5.74, 6) is 4.38. The van der Waals surface area contributed by atoms with E-state index in [4.69, 9.17) is 0 Å². The van der Waals surface area contributed by atoms with Gasteiger partial charge in [0.15, 0.2) is 0 Å². The topological polar surface area (TPSA) is 132 Å². The molecule has 0 unspecified atom stereocenters. The molecule has 234 valence electrons. The highest BCUT2D eigenvalue weighted by Crippen LogP contribution is 2.39. The van der Waals surface area contributed by atoms with Crippen LogP contribution in [0.2, 0.25) is 0 Å². The maximum atomic E-state index is 11.0. The number of rotatable bonds is 5. The average Bonchev–Trinajstić information content (AvgIpc) is 3.15. The summed E-state index contributed by atoms with van der Waals surface area (Å²) in [5, 5.41) is 3.76. The minimum atomic E-state index is -0.405. The van der Waals surface area contributed by atoms with Gasteiger partial charge in [-0.05, 0) is 64.5 Å². The number of carbonyl (C=O) groups excluding carboxylic acids is 4. The number of Topliss-reactive ketones (excluding diaryl/α,β-unsaturated/α-hetero) is 1. The number of hydrogen-bond acceptors (Lipinski definition) is 9. The van der Waals surface area contributed by atoms with Gasteiger partial charge in [0.05, 0.1) is 0 Å². The molecule has 2 rings (SSSR count). The molecule has 11 heteroatoms. The van der Waals surface area contributed by atoms with Crippen molar-refractivity contribution in [1.29, 1.82) is 0 Å². The molecular weight excluding hydrogens is 560 g/mol. The van der Waals surface area contributed by atoms with Gasteiger partial charge < -0.3 is 5.32 Å². The zero-order chi connectivity index (χ0) is 32.7. The van der Waals surface area contributed by atoms with E-state index in [-0.39, 0.29) is 35.3 Å². The van der Waals surface area contributed by atoms with Crippen LogP contribution in [0.3, 0.4) is 0 Å². The fourth-order valence-corrected chi connectivity index (χ4v) is 4.56. The van der Waals surface area contributed by atoms with Crippen molar-refractivity contribution in [1.82, 2.24) is 15.2 Å². The Kier molecular flexibility index (Phi) is 18.3. The van der Waals surface area contributed by atoms with E-state index in [0.29, 0.717) is 17.0 Å². The normalized spacial score (nSPS) is 13.3. The largest absolute Gasteiger partial charge is 0.349 e. The van der Waals surface area contributed by atoms with E-state index in [0.717, 1.165) is 5.03 Å². The van der Waals surface area contributed by atoms with Crippen molar-refractivity contribution >= 4 is 45.1 Å². The second kappa shape index (κ2) is 18.4. The van der Waals surface area contributed by atoms with Crippen molar-refractivity contribution in [3.05, 3.63) is 36.5 Å². The van der Waals surface area contributed by atoms with Crippen LogP contribution >= 0.6 is 21.6 Å². The molecule has 9 nitrogen and oxygen atoms in total. The third kappa shape index (κ3) is 22.1. The van der Waals surface area contributed by atoms with Gasteiger partial charge in [-0.25, -0.2) is 10.9 Å². The maximum absolute atomic E-state index is 11.0. The van der Waals surface area contributed by atoms with Gasteiger partial charge in [-0.2, -0.15) is 0 Å². The van der Waals surface area contributed by atoms with E-state index < -0.39 is 5.54 Å². The van der Waals surface area contributed by atoms with Gasteiger partial charge >= 0.3 is 0 Å². The second-order valence-corrected chi connectivity index (χ2v) is 16.1. The molecule has 0 bridgehead atoms. The van der Waals surface area contributed by atoms with Crippen LogP contribution in [0.1, 0.15) is 96.4 Å². The minimum absolute atomic E-state index is 0.0860. The lowest BCUT2D eigenvalue weighted by Gasteiger charge is -2.29. The zero-order valence-corrected chi connectivity index (χ0v) is 28.8. The monoisotopic (exact) mass is 612 g/mol. The highest BCUT2D eigenvalue weighted by Gasteiger charge is 2.33. The molecule has 0 spiro atoms. The minimum Gasteiger partial charge on any atom is -0.349 e. The number of nitrogens with one attached hydrogen (secondary N) is 1. The standard InChI is InChI=1S/C9H13NS2.C8H11NO2.C7H14O.C6H14N2O2/c1-9(2,3)12-11-8-6-4-5-7-10-8;1-8(2,3)9-6(10)4-5-7(9)11;1-5-6(8)7(2,3)4;1-6(2,3)8-5(9)4-10-7/h4-7H,1-3H3;4-5H,1-3H3;5H2,1-4H3;4,7H2,1-3H3,(H,8,9). The molecule has 0 atom stereocenters. The van der Waals surface area contributed by atoms with Crippen LogP contribution < -0.4 is 11.2 Å². The molecule has 0 saturated carbocycles. The molecule has 1 aromatic heterocycles. The van der Waals surface area contributed by atoms with E-state index in [2.05, 4.69) is 41.8 Å². The molecule has 1 aliphatic heterocycles. The van der Waals surface area contributed by atoms with E-state index in [1.165, 1.54) is 17.1 Å². The zero-order valence-electron chi connectivity index (χ0n) is 27.2. The third-order valence-electron chi connectivity index (χ3n) is 4.38. The fraction of sp³-hybridized carbons (Fsp3) is 0.633. The van der Waals surface area contributed by atoms with Crippen LogP contribution in [-0.2, 0) is 24.0 Å². The predicted octanol–water partition coefficient (Wildman–Crippen LogP) is 6.13. The van der Waals surface area contributed by atoms with Gasteiger partial charge in [-0.1, -0.05) is 65.3 Å². The molecule has 0 aromatic carbocycles. The van der Waals surface area contributed by atoms with E-state index in [9.17, 15) is 19.2 Å². The summed E-state index contributed by atoms with van der Waals surface area (Å²) in [5.41, 5.74) is -0.748. The number of nitrogens with two attached hydrogens (primary N) is 1. The second-order valence-electron chi connectivity index (χ2n) is 13.1. The first kappa shape index (κ1) is 40.9. The molecule has 1 aromatic rings. The number of amides is 3. The summed E-state index contributed by atoms with van der Waals surface area (Å²) in [4.78, 5) is 53.3. The Labute approximate surface area is 255 Å². The molecule has 0 saturated heterocycles. The first-order chi connectivity index (χ1) is 18.4. The Hall–Kier alpha value is -2.21. The summed E-state index contributed by atoms with van der Waals surface area (Å²) in [6.45, 7) is 25.4. The van der Waals surface area contributed by atoms with Crippen molar-refractivity contribution in [3.8, 4) is 0 Å². The maximum Gasteiger partial charge on any atom is 0.254 e. The lowest BCUT2D eigenvalue weighted by molar-refractivity contribution is -0.142. The SMILES string of the molecule is CC(C)(C)N1C(=O)C=CC1=O.CC(C)(C)NC(=O)CON.CC(C)(C)SSc1ccccn1.CCC(=O)C(C)(C)C. The first-order valence-corrected chi connectivity index (χ1v) is 15.6. The summed E-state index contributed by atoms with van der Waals surface area (Å²) in [6, 6.07) is 5.98. The number of aromatic nitrogens is 1. The number of pyridine rings is 1. The Balaban J connectivity index is 0. The summed E-state index contributed by atoms with van der Waals surface area (Å²) >= 11 is 0. The highest BCUT2D eigenvalue weighted by molar-refractivity contribution is 8.77. The molecule has 0 aliphatic carbocycles. The van der Waals surface area contributed by atoms with Crippen LogP contribution in [-0.4, -0.2) is 55.8 Å². The van der Waals surface area contributed by atoms with Gasteiger partial charge in [0.2, 0.25) is 5.91 Å². The Bertz CT molecular complexity index is 969. The number of carbonyl (C=O) groups is 4. The van der Waals surface area contributed by atoms with Gasteiger partial charge in [-0.3, -0.25) is 28.9 Å². The number of nitrogens with zero attached hydrogens (tertiary/aromatic N) is 2. The molecule has 41 heavy (non-hydrogen) atoms. The van der Waals surface area contributed by atoms with Gasteiger partial charge in [0.1, 0.15) is 17.4 Å². The van der Waals surface area contributed by atoms with E-state index in [1.54, 1.807) is 10.8 Å². The van der Waals surface area contributed by atoms with Crippen LogP contribution in [0.15, 0.2) is 41.6 Å². The summed E-state index contributed by atoms with van der Waals surface area (Å²) in [7, 11) is 3.57. The highest BCUT2D eigenvalue weighted by atomic mass is 33.1. The van der Waals surface area contributed by atoms with Gasteiger partial charge in [-0.15, -0.1) is 0 Å². The average molecular weight is 613 g/mol. The third-order valence-corrected chi connectivity index (χ3v) is 7.64. The molecule has 3 amide bonds. The number of ketones is 1. The van der Waals surface area contributed by atoms with Crippen molar-refractivity contribution in [2.45, 2.75) is 117 Å². The number of imide groups is 1. The molecular formula is C30H52N4O5S2. The Morgan fingerprint density at radius 1 is 0.927 bits per heavy atom. The van der Waals surface area contributed by atoms with Gasteiger partial charge in [0.25, 0.3) is 11.8 Å². The van der Waals surface area contributed by atoms with Crippen LogP contribution in [0.25, 0.3) is 0 Å². The number of hydrogen-bond donors (Lipinski definition) is 2. The lowest BCUT2D eigenvalue weighted by Crippen LogP contribution is -2.45. The van der Waals surface area contributed by atoms with Crippen LogP contribution in [0.4, 0.5) is 0 Å². The van der Waals surface area contributed by atoms with Crippen molar-refractivity contribution in [2.24, 2.45) is 11.3 Å². The van der Waals surface area contributed by atoms with Gasteiger partial charge in [0, 0.05) is 46.0 Å². The molecule has 3 N–H and O–H groups in total. The van der Waals surface area contributed by atoms with E-state index in [1.807, 2.05) is 104 Å². The Morgan fingerprint density at radius 2 is 1.44 bits per heavy atom. The lowest BCUT2D eigenvalue weighted by atomic mass is 9.90. The van der Waals surface area contributed by atoms with E-state index >= 15 is 0 Å².